The van der Waals surface area contributed by atoms with Crippen molar-refractivity contribution in [2.45, 2.75) is 26.1 Å². The number of amides is 1. The van der Waals surface area contributed by atoms with E-state index in [4.69, 9.17) is 9.47 Å². The molecule has 0 aromatic carbocycles. The molecule has 0 aromatic heterocycles. The maximum Gasteiger partial charge on any atom is 0.225 e. The molecule has 98 valence electrons. The Morgan fingerprint density at radius 3 is 2.65 bits per heavy atom. The van der Waals surface area contributed by atoms with E-state index < -0.39 is 0 Å². The van der Waals surface area contributed by atoms with Gasteiger partial charge in [-0.2, -0.15) is 0 Å². The Morgan fingerprint density at radius 1 is 1.35 bits per heavy atom. The molecule has 2 rings (SSSR count). The second-order valence-corrected chi connectivity index (χ2v) is 4.74. The van der Waals surface area contributed by atoms with E-state index in [2.05, 4.69) is 5.32 Å². The monoisotopic (exact) mass is 242 g/mol. The molecule has 2 saturated heterocycles. The molecule has 1 amide bonds. The predicted molar refractivity (Wildman–Crippen MR) is 63.5 cm³/mol. The van der Waals surface area contributed by atoms with Crippen LogP contribution in [0.15, 0.2) is 0 Å². The lowest BCUT2D eigenvalue weighted by molar-refractivity contribution is -0.188. The van der Waals surface area contributed by atoms with Crippen LogP contribution in [-0.4, -0.2) is 56.5 Å². The van der Waals surface area contributed by atoms with Crippen LogP contribution in [0.5, 0.6) is 0 Å². The highest BCUT2D eigenvalue weighted by molar-refractivity contribution is 5.78. The molecular formula is C12H22N2O3. The molecule has 1 atom stereocenters. The van der Waals surface area contributed by atoms with Crippen molar-refractivity contribution < 1.29 is 14.3 Å². The number of ether oxygens (including phenoxy) is 2. The highest BCUT2D eigenvalue weighted by atomic mass is 16.7. The lowest BCUT2D eigenvalue weighted by atomic mass is 10.1. The molecule has 0 radical (unpaired) electrons. The van der Waals surface area contributed by atoms with E-state index in [-0.39, 0.29) is 18.1 Å². The van der Waals surface area contributed by atoms with Crippen LogP contribution >= 0.6 is 0 Å². The van der Waals surface area contributed by atoms with Gasteiger partial charge in [0.05, 0.1) is 13.2 Å². The highest BCUT2D eigenvalue weighted by Gasteiger charge is 2.26. The summed E-state index contributed by atoms with van der Waals surface area (Å²) in [5, 5.41) is 3.25. The van der Waals surface area contributed by atoms with Gasteiger partial charge in [-0.15, -0.1) is 0 Å². The molecule has 17 heavy (non-hydrogen) atoms. The lowest BCUT2D eigenvalue weighted by Crippen LogP contribution is -2.48. The number of carbonyl (C=O) groups excluding carboxylic acids is 1. The fourth-order valence-corrected chi connectivity index (χ4v) is 2.26. The van der Waals surface area contributed by atoms with Gasteiger partial charge in [0.2, 0.25) is 5.91 Å². The van der Waals surface area contributed by atoms with Gasteiger partial charge in [-0.05, 0) is 6.42 Å². The van der Waals surface area contributed by atoms with Crippen molar-refractivity contribution in [3.63, 3.8) is 0 Å². The summed E-state index contributed by atoms with van der Waals surface area (Å²) in [6.07, 6.45) is 1.44. The first-order chi connectivity index (χ1) is 8.27. The Labute approximate surface area is 102 Å². The topological polar surface area (TPSA) is 50.8 Å². The smallest absolute Gasteiger partial charge is 0.225 e. The van der Waals surface area contributed by atoms with E-state index in [1.54, 1.807) is 0 Å². The van der Waals surface area contributed by atoms with Gasteiger partial charge in [0.15, 0.2) is 6.29 Å². The van der Waals surface area contributed by atoms with E-state index >= 15 is 0 Å². The first kappa shape index (κ1) is 12.8. The minimum absolute atomic E-state index is 0.0174. The van der Waals surface area contributed by atoms with Gasteiger partial charge in [-0.1, -0.05) is 6.92 Å². The molecular weight excluding hydrogens is 220 g/mol. The zero-order chi connectivity index (χ0) is 12.1. The molecule has 0 saturated carbocycles. The van der Waals surface area contributed by atoms with Gasteiger partial charge in [-0.3, -0.25) is 4.79 Å². The Bertz CT molecular complexity index is 248. The van der Waals surface area contributed by atoms with Crippen LogP contribution in [0, 0.1) is 5.92 Å². The summed E-state index contributed by atoms with van der Waals surface area (Å²) in [6.45, 7) is 6.89. The van der Waals surface area contributed by atoms with Crippen molar-refractivity contribution in [1.29, 1.82) is 0 Å². The van der Waals surface area contributed by atoms with Gasteiger partial charge >= 0.3 is 0 Å². The molecule has 5 nitrogen and oxygen atoms in total. The van der Waals surface area contributed by atoms with Crippen LogP contribution in [0.2, 0.25) is 0 Å². The highest BCUT2D eigenvalue weighted by Crippen LogP contribution is 2.16. The molecule has 5 heteroatoms. The number of nitrogens with zero attached hydrogens (tertiary/aromatic N) is 1. The zero-order valence-electron chi connectivity index (χ0n) is 10.5. The number of hydrogen-bond acceptors (Lipinski definition) is 4. The minimum Gasteiger partial charge on any atom is -0.353 e. The van der Waals surface area contributed by atoms with Crippen molar-refractivity contribution in [3.8, 4) is 0 Å². The zero-order valence-corrected chi connectivity index (χ0v) is 10.5. The minimum atomic E-state index is -0.189. The van der Waals surface area contributed by atoms with Crippen molar-refractivity contribution in [3.05, 3.63) is 0 Å². The van der Waals surface area contributed by atoms with Crippen LogP contribution in [0.1, 0.15) is 19.8 Å². The van der Waals surface area contributed by atoms with Crippen molar-refractivity contribution >= 4 is 5.91 Å². The SMILES string of the molecule is CC(CC1OCCCO1)C(=O)N1CCNCC1. The van der Waals surface area contributed by atoms with Crippen LogP contribution in [0.3, 0.4) is 0 Å². The number of nitrogens with one attached hydrogen (secondary N) is 1. The molecule has 1 unspecified atom stereocenters. The molecule has 2 aliphatic heterocycles. The van der Waals surface area contributed by atoms with Crippen LogP contribution in [-0.2, 0) is 14.3 Å². The molecule has 2 fully saturated rings. The number of rotatable bonds is 3. The summed E-state index contributed by atoms with van der Waals surface area (Å²) in [6, 6.07) is 0. The second kappa shape index (κ2) is 6.33. The third-order valence-electron chi connectivity index (χ3n) is 3.29. The summed E-state index contributed by atoms with van der Waals surface area (Å²) in [4.78, 5) is 14.1. The van der Waals surface area contributed by atoms with Crippen LogP contribution < -0.4 is 5.32 Å². The summed E-state index contributed by atoms with van der Waals surface area (Å²) in [5.41, 5.74) is 0. The number of hydrogen-bond donors (Lipinski definition) is 1. The molecule has 0 aromatic rings. The van der Waals surface area contributed by atoms with Gasteiger partial charge < -0.3 is 19.7 Å². The number of piperazine rings is 1. The van der Waals surface area contributed by atoms with E-state index in [9.17, 15) is 4.79 Å². The summed E-state index contributed by atoms with van der Waals surface area (Å²) >= 11 is 0. The third-order valence-corrected chi connectivity index (χ3v) is 3.29. The van der Waals surface area contributed by atoms with Crippen LogP contribution in [0.4, 0.5) is 0 Å². The molecule has 0 bridgehead atoms. The molecule has 0 spiro atoms. The Balaban J connectivity index is 1.77. The largest absolute Gasteiger partial charge is 0.353 e. The average Bonchev–Trinajstić information content (AvgIpc) is 2.40. The summed E-state index contributed by atoms with van der Waals surface area (Å²) < 4.78 is 11.0. The van der Waals surface area contributed by atoms with E-state index in [1.165, 1.54) is 0 Å². The maximum absolute atomic E-state index is 12.2. The van der Waals surface area contributed by atoms with Crippen molar-refractivity contribution in [2.24, 2.45) is 5.92 Å². The quantitative estimate of drug-likeness (QED) is 0.768. The number of carbonyl (C=O) groups is 1. The molecule has 2 aliphatic rings. The van der Waals surface area contributed by atoms with Crippen molar-refractivity contribution in [1.82, 2.24) is 10.2 Å². The second-order valence-electron chi connectivity index (χ2n) is 4.74. The Kier molecular flexibility index (Phi) is 4.76. The van der Waals surface area contributed by atoms with Crippen molar-refractivity contribution in [2.75, 3.05) is 39.4 Å². The predicted octanol–water partition coefficient (Wildman–Crippen LogP) is 0.207. The molecule has 1 N–H and O–H groups in total. The van der Waals surface area contributed by atoms with E-state index in [0.29, 0.717) is 6.42 Å². The lowest BCUT2D eigenvalue weighted by Gasteiger charge is -2.31. The fourth-order valence-electron chi connectivity index (χ4n) is 2.26. The summed E-state index contributed by atoms with van der Waals surface area (Å²) in [7, 11) is 0. The van der Waals surface area contributed by atoms with Gasteiger partial charge in [0.1, 0.15) is 0 Å². The maximum atomic E-state index is 12.2. The Hall–Kier alpha value is -0.650. The standard InChI is InChI=1S/C12H22N2O3/c1-10(9-11-16-7-2-8-17-11)12(15)14-5-3-13-4-6-14/h10-11,13H,2-9H2,1H3. The normalized spacial score (nSPS) is 24.6. The fraction of sp³-hybridized carbons (Fsp3) is 0.917. The molecule has 2 heterocycles. The van der Waals surface area contributed by atoms with Crippen LogP contribution in [0.25, 0.3) is 0 Å². The van der Waals surface area contributed by atoms with Gasteiger partial charge in [0.25, 0.3) is 0 Å². The van der Waals surface area contributed by atoms with Gasteiger partial charge in [-0.25, -0.2) is 0 Å². The Morgan fingerprint density at radius 2 is 2.00 bits per heavy atom. The first-order valence-electron chi connectivity index (χ1n) is 6.50. The average molecular weight is 242 g/mol. The van der Waals surface area contributed by atoms with Gasteiger partial charge in [0, 0.05) is 38.5 Å². The summed E-state index contributed by atoms with van der Waals surface area (Å²) in [5.74, 6) is 0.209. The van der Waals surface area contributed by atoms with E-state index in [0.717, 1.165) is 45.8 Å². The molecule has 0 aliphatic carbocycles. The first-order valence-corrected chi connectivity index (χ1v) is 6.50. The third kappa shape index (κ3) is 3.66. The van der Waals surface area contributed by atoms with E-state index in [1.807, 2.05) is 11.8 Å².